The van der Waals surface area contributed by atoms with Gasteiger partial charge in [-0.25, -0.2) is 9.59 Å². The van der Waals surface area contributed by atoms with Crippen molar-refractivity contribution in [3.63, 3.8) is 0 Å². The Balaban J connectivity index is 2.36. The maximum Gasteiger partial charge on any atom is 0.408 e. The molecule has 0 bridgehead atoms. The number of alkyl carbamates (subject to hydrolysis) is 1. The summed E-state index contributed by atoms with van der Waals surface area (Å²) in [6.45, 7) is 5.98. The second kappa shape index (κ2) is 20.1. The van der Waals surface area contributed by atoms with Crippen LogP contribution in [0.3, 0.4) is 0 Å². The van der Waals surface area contributed by atoms with Gasteiger partial charge in [-0.3, -0.25) is 28.8 Å². The predicted molar refractivity (Wildman–Crippen MR) is 188 cm³/mol. The zero-order valence-electron chi connectivity index (χ0n) is 29.8. The standard InChI is InChI=1S/C35H47N7O11/c1-19(43)28(33(50)51)42-32(49)22(15-20-11-7-5-8-12-20)38-30(47)24(17-26(36)44)40-31(48)25(18-27(37)45)39-29(46)23(16-21-13-9-6-10-14-21)41-34(52)53-35(2,3)4/h5-14,19,22-25,28,43H,15-18H2,1-4H3,(H2,36,44)(H2,37,45)(H,38,47)(H,39,46)(H,40,48)(H,41,52)(H,42,49)(H,50,51)/t19-,22+,23+,24+,25+,28+/m1/s1. The van der Waals surface area contributed by atoms with Crippen molar-refractivity contribution in [2.24, 2.45) is 11.5 Å². The normalized spacial score (nSPS) is 14.4. The molecule has 288 valence electrons. The summed E-state index contributed by atoms with van der Waals surface area (Å²) < 4.78 is 5.28. The lowest BCUT2D eigenvalue weighted by molar-refractivity contribution is -0.145. The highest BCUT2D eigenvalue weighted by Gasteiger charge is 2.35. The largest absolute Gasteiger partial charge is 0.480 e. The fraction of sp³-hybridized carbons (Fsp3) is 0.429. The molecule has 0 spiro atoms. The molecule has 0 aromatic heterocycles. The van der Waals surface area contributed by atoms with Crippen LogP contribution in [0.15, 0.2) is 60.7 Å². The highest BCUT2D eigenvalue weighted by atomic mass is 16.6. The number of hydrogen-bond acceptors (Lipinski definition) is 10. The van der Waals surface area contributed by atoms with E-state index in [9.17, 15) is 48.6 Å². The molecule has 6 atom stereocenters. The molecule has 0 aliphatic rings. The zero-order valence-corrected chi connectivity index (χ0v) is 29.8. The topological polar surface area (TPSA) is 298 Å². The molecule has 53 heavy (non-hydrogen) atoms. The molecule has 0 aliphatic carbocycles. The fourth-order valence-corrected chi connectivity index (χ4v) is 4.85. The summed E-state index contributed by atoms with van der Waals surface area (Å²) in [5, 5.41) is 30.9. The Bertz CT molecular complexity index is 1610. The van der Waals surface area contributed by atoms with Gasteiger partial charge >= 0.3 is 12.1 Å². The molecule has 2 rings (SSSR count). The number of rotatable bonds is 19. The molecule has 0 radical (unpaired) electrons. The number of aliphatic carboxylic acids is 1. The van der Waals surface area contributed by atoms with Crippen LogP contribution in [-0.2, 0) is 51.1 Å². The van der Waals surface area contributed by atoms with Gasteiger partial charge in [0, 0.05) is 12.8 Å². The number of ether oxygens (including phenoxy) is 1. The van der Waals surface area contributed by atoms with E-state index in [1.165, 1.54) is 0 Å². The Kier molecular flexibility index (Phi) is 16.4. The summed E-state index contributed by atoms with van der Waals surface area (Å²) >= 11 is 0. The van der Waals surface area contributed by atoms with Gasteiger partial charge in [-0.05, 0) is 38.8 Å². The van der Waals surface area contributed by atoms with E-state index < -0.39 is 102 Å². The third-order valence-corrected chi connectivity index (χ3v) is 7.33. The SMILES string of the molecule is C[C@@H](O)[C@H](NC(=O)[C@H](Cc1ccccc1)NC(=O)[C@H](CC(N)=O)NC(=O)[C@H](CC(N)=O)NC(=O)[C@H](Cc1ccccc1)NC(=O)OC(C)(C)C)C(=O)O. The van der Waals surface area contributed by atoms with Gasteiger partial charge in [0.1, 0.15) is 29.8 Å². The highest BCUT2D eigenvalue weighted by Crippen LogP contribution is 2.10. The second-order valence-electron chi connectivity index (χ2n) is 13.2. The number of aliphatic hydroxyl groups excluding tert-OH is 1. The van der Waals surface area contributed by atoms with E-state index in [2.05, 4.69) is 26.6 Å². The highest BCUT2D eigenvalue weighted by molar-refractivity contribution is 5.98. The summed E-state index contributed by atoms with van der Waals surface area (Å²) in [5.41, 5.74) is 11.0. The van der Waals surface area contributed by atoms with E-state index >= 15 is 0 Å². The first kappa shape index (κ1) is 43.1. The third-order valence-electron chi connectivity index (χ3n) is 7.33. The van der Waals surface area contributed by atoms with Gasteiger partial charge in [-0.2, -0.15) is 0 Å². The van der Waals surface area contributed by atoms with E-state index in [1.54, 1.807) is 81.4 Å². The Morgan fingerprint density at radius 1 is 0.623 bits per heavy atom. The lowest BCUT2D eigenvalue weighted by atomic mass is 10.0. The maximum absolute atomic E-state index is 13.6. The second-order valence-corrected chi connectivity index (χ2v) is 13.2. The van der Waals surface area contributed by atoms with E-state index in [-0.39, 0.29) is 12.8 Å². The molecule has 0 fully saturated rings. The van der Waals surface area contributed by atoms with Crippen LogP contribution in [0.25, 0.3) is 0 Å². The van der Waals surface area contributed by atoms with E-state index in [0.717, 1.165) is 6.92 Å². The van der Waals surface area contributed by atoms with Gasteiger partial charge in [0.25, 0.3) is 0 Å². The van der Waals surface area contributed by atoms with Gasteiger partial charge in [-0.15, -0.1) is 0 Å². The van der Waals surface area contributed by atoms with Crippen molar-refractivity contribution in [3.8, 4) is 0 Å². The average Bonchev–Trinajstić information content (AvgIpc) is 3.05. The van der Waals surface area contributed by atoms with Crippen LogP contribution in [0, 0.1) is 0 Å². The predicted octanol–water partition coefficient (Wildman–Crippen LogP) is -1.48. The molecule has 0 unspecified atom stereocenters. The van der Waals surface area contributed by atoms with Crippen LogP contribution in [-0.4, -0.2) is 99.6 Å². The average molecular weight is 742 g/mol. The Morgan fingerprint density at radius 3 is 1.34 bits per heavy atom. The first-order valence-electron chi connectivity index (χ1n) is 16.5. The quantitative estimate of drug-likeness (QED) is 0.0800. The Labute approximate surface area is 305 Å². The van der Waals surface area contributed by atoms with Crippen LogP contribution >= 0.6 is 0 Å². The first-order chi connectivity index (χ1) is 24.7. The molecule has 18 nitrogen and oxygen atoms in total. The van der Waals surface area contributed by atoms with E-state index in [0.29, 0.717) is 11.1 Å². The first-order valence-corrected chi connectivity index (χ1v) is 16.5. The number of hydrogen-bond donors (Lipinski definition) is 9. The summed E-state index contributed by atoms with van der Waals surface area (Å²) in [5.74, 6) is -7.86. The van der Waals surface area contributed by atoms with Gasteiger partial charge in [0.2, 0.25) is 35.4 Å². The lowest BCUT2D eigenvalue weighted by Crippen LogP contribution is -2.60. The molecule has 18 heteroatoms. The van der Waals surface area contributed by atoms with Gasteiger partial charge in [0.05, 0.1) is 18.9 Å². The Morgan fingerprint density at radius 2 is 0.981 bits per heavy atom. The molecule has 11 N–H and O–H groups in total. The number of carbonyl (C=O) groups excluding carboxylic acids is 7. The van der Waals surface area contributed by atoms with Crippen molar-refractivity contribution in [1.82, 2.24) is 26.6 Å². The van der Waals surface area contributed by atoms with Crippen molar-refractivity contribution >= 4 is 47.5 Å². The minimum atomic E-state index is -1.77. The molecule has 0 aliphatic heterocycles. The van der Waals surface area contributed by atoms with Crippen molar-refractivity contribution < 1.29 is 53.3 Å². The number of carboxylic acid groups (broad SMARTS) is 1. The minimum absolute atomic E-state index is 0.0633. The number of nitrogens with one attached hydrogen (secondary N) is 5. The maximum atomic E-state index is 13.6. The smallest absolute Gasteiger partial charge is 0.408 e. The number of primary amides is 2. The number of aliphatic hydroxyl groups is 1. The van der Waals surface area contributed by atoms with E-state index in [4.69, 9.17) is 16.2 Å². The monoisotopic (exact) mass is 741 g/mol. The zero-order chi connectivity index (χ0) is 39.9. The molecule has 0 saturated carbocycles. The molecule has 2 aromatic rings. The number of carbonyl (C=O) groups is 8. The number of nitrogens with two attached hydrogens (primary N) is 2. The van der Waals surface area contributed by atoms with Gasteiger partial charge < -0.3 is 53.0 Å². The van der Waals surface area contributed by atoms with E-state index in [1.807, 2.05) is 0 Å². The van der Waals surface area contributed by atoms with Crippen LogP contribution in [0.2, 0.25) is 0 Å². The molecule has 2 aromatic carbocycles. The van der Waals surface area contributed by atoms with Crippen LogP contribution in [0.4, 0.5) is 4.79 Å². The number of carboxylic acids is 1. The van der Waals surface area contributed by atoms with Crippen molar-refractivity contribution in [3.05, 3.63) is 71.8 Å². The number of benzene rings is 2. The van der Waals surface area contributed by atoms with Gasteiger partial charge in [-0.1, -0.05) is 60.7 Å². The molecular formula is C35H47N7O11. The molecule has 0 saturated heterocycles. The van der Waals surface area contributed by atoms with Gasteiger partial charge in [0.15, 0.2) is 6.04 Å². The summed E-state index contributed by atoms with van der Waals surface area (Å²) in [4.78, 5) is 102. The molecular weight excluding hydrogens is 694 g/mol. The molecule has 0 heterocycles. The summed E-state index contributed by atoms with van der Waals surface area (Å²) in [6.07, 6.45) is -4.30. The fourth-order valence-electron chi connectivity index (χ4n) is 4.85. The minimum Gasteiger partial charge on any atom is -0.480 e. The van der Waals surface area contributed by atoms with Crippen LogP contribution in [0.1, 0.15) is 51.7 Å². The summed E-state index contributed by atoms with van der Waals surface area (Å²) in [7, 11) is 0. The molecule has 7 amide bonds. The van der Waals surface area contributed by atoms with Crippen molar-refractivity contribution in [1.29, 1.82) is 0 Å². The number of amides is 7. The van der Waals surface area contributed by atoms with Crippen molar-refractivity contribution in [2.45, 2.75) is 95.3 Å². The third kappa shape index (κ3) is 15.8. The Hall–Kier alpha value is -6.04. The van der Waals surface area contributed by atoms with Crippen LogP contribution < -0.4 is 38.1 Å². The van der Waals surface area contributed by atoms with Crippen LogP contribution in [0.5, 0.6) is 0 Å². The van der Waals surface area contributed by atoms with Crippen molar-refractivity contribution in [2.75, 3.05) is 0 Å². The lowest BCUT2D eigenvalue weighted by Gasteiger charge is -2.27. The summed E-state index contributed by atoms with van der Waals surface area (Å²) in [6, 6.07) is 8.72.